The lowest BCUT2D eigenvalue weighted by molar-refractivity contribution is -0.139. The van der Waals surface area contributed by atoms with Crippen LogP contribution in [0, 0.1) is 11.8 Å². The number of hydrogen-bond acceptors (Lipinski definition) is 5. The Balaban J connectivity index is 0.00000243. The molecule has 4 atom stereocenters. The van der Waals surface area contributed by atoms with Crippen molar-refractivity contribution in [2.24, 2.45) is 11.8 Å². The molecule has 2 aliphatic heterocycles. The van der Waals surface area contributed by atoms with Crippen LogP contribution in [0.5, 0.6) is 0 Å². The van der Waals surface area contributed by atoms with E-state index in [0.717, 1.165) is 18.5 Å². The number of nitrogens with one attached hydrogen (secondary N) is 1. The lowest BCUT2D eigenvalue weighted by Gasteiger charge is -2.34. The second-order valence-electron chi connectivity index (χ2n) is 7.38. The largest absolute Gasteiger partial charge is 0.366 e. The van der Waals surface area contributed by atoms with Gasteiger partial charge < -0.3 is 10.1 Å². The van der Waals surface area contributed by atoms with Gasteiger partial charge in [-0.15, -0.1) is 11.8 Å². The zero-order valence-corrected chi connectivity index (χ0v) is 17.3. The van der Waals surface area contributed by atoms with Gasteiger partial charge >= 0.3 is 0 Å². The maximum Gasteiger partial charge on any atom is 0.179 e. The normalized spacial score (nSPS) is 24.4. The van der Waals surface area contributed by atoms with E-state index in [9.17, 15) is 9.59 Å². The summed E-state index contributed by atoms with van der Waals surface area (Å²) in [7, 11) is 0. The quantitative estimate of drug-likeness (QED) is 0.705. The number of hydrogen-bond donors (Lipinski definition) is 1. The van der Waals surface area contributed by atoms with Gasteiger partial charge in [0.2, 0.25) is 0 Å². The third-order valence-corrected chi connectivity index (χ3v) is 6.38. The van der Waals surface area contributed by atoms with Gasteiger partial charge in [-0.2, -0.15) is 13.5 Å². The molecule has 1 aromatic rings. The monoisotopic (exact) mass is 427 g/mol. The Morgan fingerprint density at radius 3 is 2.57 bits per heavy atom. The van der Waals surface area contributed by atoms with Crippen molar-refractivity contribution in [1.82, 2.24) is 5.32 Å². The molecule has 1 aromatic carbocycles. The number of benzene rings is 1. The molecule has 0 amide bonds. The Kier molecular flexibility index (Phi) is 12.3. The highest BCUT2D eigenvalue weighted by Gasteiger charge is 2.47. The molecule has 0 bridgehead atoms. The smallest absolute Gasteiger partial charge is 0.179 e. The van der Waals surface area contributed by atoms with Crippen molar-refractivity contribution in [3.8, 4) is 0 Å². The fourth-order valence-electron chi connectivity index (χ4n) is 3.71. The van der Waals surface area contributed by atoms with E-state index in [4.69, 9.17) is 4.74 Å². The number of thioether (sulfide) groups is 1. The van der Waals surface area contributed by atoms with E-state index in [1.54, 1.807) is 11.8 Å². The van der Waals surface area contributed by atoms with E-state index in [1.807, 2.05) is 30.3 Å². The van der Waals surface area contributed by atoms with Crippen molar-refractivity contribution in [3.05, 3.63) is 35.9 Å². The highest BCUT2D eigenvalue weighted by atomic mass is 32.2. The van der Waals surface area contributed by atoms with Gasteiger partial charge in [-0.3, -0.25) is 9.59 Å². The number of ether oxygens (including phenoxy) is 1. The van der Waals surface area contributed by atoms with Crippen LogP contribution in [0.15, 0.2) is 30.3 Å². The van der Waals surface area contributed by atoms with Crippen molar-refractivity contribution in [2.75, 3.05) is 12.3 Å². The lowest BCUT2D eigenvalue weighted by Crippen LogP contribution is -2.55. The molecule has 0 radical (unpaired) electrons. The van der Waals surface area contributed by atoms with Crippen LogP contribution in [0.2, 0.25) is 0 Å². The van der Waals surface area contributed by atoms with Crippen molar-refractivity contribution in [1.29, 1.82) is 0 Å². The van der Waals surface area contributed by atoms with Gasteiger partial charge in [-0.25, -0.2) is 0 Å². The van der Waals surface area contributed by atoms with Gasteiger partial charge in [-0.1, -0.05) is 59.0 Å². The van der Waals surface area contributed by atoms with Crippen LogP contribution in [0.1, 0.15) is 47.1 Å². The van der Waals surface area contributed by atoms with Crippen molar-refractivity contribution in [3.63, 3.8) is 0 Å². The predicted octanol–water partition coefficient (Wildman–Crippen LogP) is 4.23. The number of ketones is 2. The summed E-state index contributed by atoms with van der Waals surface area (Å²) in [4.78, 5) is 25.5. The summed E-state index contributed by atoms with van der Waals surface area (Å²) in [5.41, 5.74) is 1.06. The average molecular weight is 428 g/mol. The van der Waals surface area contributed by atoms with Crippen LogP contribution in [0.3, 0.4) is 0 Å². The Bertz CT molecular complexity index is 609. The molecular weight excluding hydrogens is 390 g/mol. The standard InChI is InChI=1S/C20H27NO3S.2CH4.H2S/c1-13(2)10-16(24-11-14-6-4-3-5-7-14)20(23)19-18-15(22)12-25-17(18)8-9-21-19;;;/h3-7,13,16-19,21H,8-12H2,1-2H3;2*1H4;1H2/t16-,17+,18+,19?;;;/m0.../s1. The molecule has 6 heteroatoms. The van der Waals surface area contributed by atoms with Crippen molar-refractivity contribution < 1.29 is 14.3 Å². The number of rotatable bonds is 7. The second kappa shape index (κ2) is 12.7. The molecule has 28 heavy (non-hydrogen) atoms. The minimum Gasteiger partial charge on any atom is -0.366 e. The van der Waals surface area contributed by atoms with Crippen LogP contribution in [-0.4, -0.2) is 41.3 Å². The highest BCUT2D eigenvalue weighted by molar-refractivity contribution is 8.01. The van der Waals surface area contributed by atoms with Gasteiger partial charge in [0.15, 0.2) is 5.78 Å². The van der Waals surface area contributed by atoms with E-state index in [-0.39, 0.29) is 57.1 Å². The van der Waals surface area contributed by atoms with E-state index in [1.165, 1.54) is 0 Å². The molecule has 0 aliphatic carbocycles. The second-order valence-corrected chi connectivity index (χ2v) is 8.61. The summed E-state index contributed by atoms with van der Waals surface area (Å²) in [5, 5.41) is 3.60. The van der Waals surface area contributed by atoms with Crippen molar-refractivity contribution >= 4 is 36.8 Å². The van der Waals surface area contributed by atoms with Gasteiger partial charge in [0.25, 0.3) is 0 Å². The van der Waals surface area contributed by atoms with E-state index in [2.05, 4.69) is 19.2 Å². The van der Waals surface area contributed by atoms with Crippen molar-refractivity contribution in [2.45, 2.75) is 65.5 Å². The first-order chi connectivity index (χ1) is 12.1. The molecular formula is C22H37NO3S2. The number of Topliss-reactive ketones (excluding diaryl/α,β-unsaturated/α-hetero) is 2. The molecule has 1 N–H and O–H groups in total. The SMILES string of the molecule is C.C.CC(C)C[C@H](OCc1ccccc1)C(=O)C1NCC[C@H]2SCC(=O)[C@@H]12.S. The van der Waals surface area contributed by atoms with Crippen LogP contribution in [-0.2, 0) is 20.9 Å². The predicted molar refractivity (Wildman–Crippen MR) is 124 cm³/mol. The van der Waals surface area contributed by atoms with Gasteiger partial charge in [0.05, 0.1) is 24.3 Å². The number of carbonyl (C=O) groups is 2. The molecule has 3 rings (SSSR count). The highest BCUT2D eigenvalue weighted by Crippen LogP contribution is 2.37. The molecule has 160 valence electrons. The third kappa shape index (κ3) is 6.61. The molecule has 0 saturated carbocycles. The Morgan fingerprint density at radius 1 is 1.25 bits per heavy atom. The zero-order chi connectivity index (χ0) is 17.8. The third-order valence-electron chi connectivity index (χ3n) is 4.97. The summed E-state index contributed by atoms with van der Waals surface area (Å²) in [6.07, 6.45) is 1.18. The number of carbonyl (C=O) groups excluding carboxylic acids is 2. The summed E-state index contributed by atoms with van der Waals surface area (Å²) in [5.74, 6) is 0.988. The number of piperidine rings is 1. The number of fused-ring (bicyclic) bond motifs is 1. The zero-order valence-electron chi connectivity index (χ0n) is 15.4. The van der Waals surface area contributed by atoms with Crippen LogP contribution in [0.4, 0.5) is 0 Å². The summed E-state index contributed by atoms with van der Waals surface area (Å²) in [6.45, 7) is 5.41. The van der Waals surface area contributed by atoms with E-state index >= 15 is 0 Å². The Hall–Kier alpha value is -0.820. The fraction of sp³-hybridized carbons (Fsp3) is 0.636. The average Bonchev–Trinajstić information content (AvgIpc) is 3.00. The summed E-state index contributed by atoms with van der Waals surface area (Å²) >= 11 is 1.71. The van der Waals surface area contributed by atoms with Gasteiger partial charge in [-0.05, 0) is 30.9 Å². The first kappa shape index (κ1) is 27.2. The van der Waals surface area contributed by atoms with Gasteiger partial charge in [0, 0.05) is 5.25 Å². The van der Waals surface area contributed by atoms with Crippen LogP contribution in [0.25, 0.3) is 0 Å². The minimum absolute atomic E-state index is 0. The first-order valence-electron chi connectivity index (χ1n) is 9.13. The first-order valence-corrected chi connectivity index (χ1v) is 10.2. The molecule has 2 heterocycles. The summed E-state index contributed by atoms with van der Waals surface area (Å²) in [6, 6.07) is 9.53. The molecule has 2 aliphatic rings. The maximum absolute atomic E-state index is 13.2. The lowest BCUT2D eigenvalue weighted by atomic mass is 9.82. The molecule has 0 spiro atoms. The topological polar surface area (TPSA) is 55.4 Å². The minimum atomic E-state index is -0.463. The van der Waals surface area contributed by atoms with E-state index < -0.39 is 6.10 Å². The summed E-state index contributed by atoms with van der Waals surface area (Å²) < 4.78 is 6.03. The molecule has 1 unspecified atom stereocenters. The van der Waals surface area contributed by atoms with Crippen LogP contribution >= 0.6 is 25.3 Å². The fourth-order valence-corrected chi connectivity index (χ4v) is 5.08. The Morgan fingerprint density at radius 2 is 1.93 bits per heavy atom. The van der Waals surface area contributed by atoms with Crippen LogP contribution < -0.4 is 5.32 Å². The Labute approximate surface area is 182 Å². The van der Waals surface area contributed by atoms with E-state index in [0.29, 0.717) is 24.7 Å². The molecule has 2 fully saturated rings. The molecule has 4 nitrogen and oxygen atoms in total. The maximum atomic E-state index is 13.2. The van der Waals surface area contributed by atoms with Gasteiger partial charge in [0.1, 0.15) is 11.9 Å². The molecule has 0 aromatic heterocycles. The molecule has 2 saturated heterocycles.